The van der Waals surface area contributed by atoms with Gasteiger partial charge >= 0.3 is 0 Å². The molecular weight excluding hydrogens is 364 g/mol. The van der Waals surface area contributed by atoms with Crippen molar-refractivity contribution in [2.45, 2.75) is 33.6 Å². The number of carbonyl (C=O) groups excluding carboxylic acids is 1. The molecule has 7 heteroatoms. The molecule has 148 valence electrons. The molecule has 1 aromatic heterocycles. The number of fused-ring (bicyclic) bond motifs is 1. The molecule has 1 aromatic carbocycles. The van der Waals surface area contributed by atoms with E-state index in [-0.39, 0.29) is 5.91 Å². The summed E-state index contributed by atoms with van der Waals surface area (Å²) in [6, 6.07) is 5.63. The number of methoxy groups -OCH3 is 1. The first-order valence-electron chi connectivity index (χ1n) is 9.41. The van der Waals surface area contributed by atoms with Crippen molar-refractivity contribution in [2.24, 2.45) is 5.92 Å². The summed E-state index contributed by atoms with van der Waals surface area (Å²) >= 11 is 6.15. The van der Waals surface area contributed by atoms with Crippen molar-refractivity contribution in [1.82, 2.24) is 15.3 Å². The van der Waals surface area contributed by atoms with Gasteiger partial charge in [-0.1, -0.05) is 32.4 Å². The normalized spacial score (nSPS) is 11.2. The van der Waals surface area contributed by atoms with Crippen molar-refractivity contribution in [3.05, 3.63) is 29.0 Å². The molecule has 0 fully saturated rings. The van der Waals surface area contributed by atoms with Gasteiger partial charge in [0.1, 0.15) is 11.6 Å². The van der Waals surface area contributed by atoms with Crippen molar-refractivity contribution in [1.29, 1.82) is 0 Å². The van der Waals surface area contributed by atoms with Crippen LogP contribution in [0.3, 0.4) is 0 Å². The highest BCUT2D eigenvalue weighted by atomic mass is 35.5. The van der Waals surface area contributed by atoms with Gasteiger partial charge in [-0.25, -0.2) is 9.97 Å². The predicted molar refractivity (Wildman–Crippen MR) is 110 cm³/mol. The van der Waals surface area contributed by atoms with E-state index in [0.717, 1.165) is 29.0 Å². The molecule has 0 saturated heterocycles. The Balaban J connectivity index is 2.28. The van der Waals surface area contributed by atoms with Crippen LogP contribution in [0, 0.1) is 5.92 Å². The highest BCUT2D eigenvalue weighted by Gasteiger charge is 2.16. The molecule has 0 spiro atoms. The summed E-state index contributed by atoms with van der Waals surface area (Å²) < 4.78 is 5.26. The van der Waals surface area contributed by atoms with Crippen LogP contribution >= 0.6 is 11.6 Å². The van der Waals surface area contributed by atoms with Gasteiger partial charge in [0.25, 0.3) is 0 Å². The molecule has 0 saturated carbocycles. The van der Waals surface area contributed by atoms with Gasteiger partial charge < -0.3 is 15.0 Å². The SMILES string of the molecule is CCc1nc(N(CCOC)CCC(=O)NCC(C)C)c2ccc(Cl)cc2n1. The molecule has 1 amide bonds. The van der Waals surface area contributed by atoms with Crippen LogP contribution in [-0.2, 0) is 16.0 Å². The minimum atomic E-state index is 0.0447. The molecule has 0 atom stereocenters. The number of aryl methyl sites for hydroxylation is 1. The monoisotopic (exact) mass is 392 g/mol. The van der Waals surface area contributed by atoms with Gasteiger partial charge in [0.05, 0.1) is 12.1 Å². The summed E-state index contributed by atoms with van der Waals surface area (Å²) in [4.78, 5) is 23.6. The number of nitrogens with zero attached hydrogens (tertiary/aromatic N) is 3. The van der Waals surface area contributed by atoms with Crippen LogP contribution in [0.5, 0.6) is 0 Å². The molecule has 1 heterocycles. The lowest BCUT2D eigenvalue weighted by Crippen LogP contribution is -2.34. The quantitative estimate of drug-likeness (QED) is 0.670. The number of nitrogens with one attached hydrogen (secondary N) is 1. The van der Waals surface area contributed by atoms with E-state index in [1.165, 1.54) is 0 Å². The number of halogens is 1. The van der Waals surface area contributed by atoms with Crippen molar-refractivity contribution in [3.8, 4) is 0 Å². The maximum Gasteiger partial charge on any atom is 0.221 e. The summed E-state index contributed by atoms with van der Waals surface area (Å²) in [6.07, 6.45) is 1.12. The molecule has 0 aliphatic heterocycles. The van der Waals surface area contributed by atoms with E-state index < -0.39 is 0 Å². The molecule has 0 aliphatic carbocycles. The van der Waals surface area contributed by atoms with Crippen LogP contribution in [0.25, 0.3) is 10.9 Å². The second kappa shape index (κ2) is 10.4. The maximum absolute atomic E-state index is 12.2. The van der Waals surface area contributed by atoms with Crippen LogP contribution in [0.4, 0.5) is 5.82 Å². The third-order valence-corrected chi connectivity index (χ3v) is 4.42. The van der Waals surface area contributed by atoms with Gasteiger partial charge in [0, 0.05) is 50.0 Å². The van der Waals surface area contributed by atoms with Gasteiger partial charge in [0.15, 0.2) is 0 Å². The second-order valence-electron chi connectivity index (χ2n) is 6.91. The first-order chi connectivity index (χ1) is 12.9. The summed E-state index contributed by atoms with van der Waals surface area (Å²) in [7, 11) is 1.67. The average molecular weight is 393 g/mol. The van der Waals surface area contributed by atoms with E-state index >= 15 is 0 Å². The molecule has 27 heavy (non-hydrogen) atoms. The zero-order valence-corrected chi connectivity index (χ0v) is 17.3. The lowest BCUT2D eigenvalue weighted by atomic mass is 10.2. The van der Waals surface area contributed by atoms with Crippen molar-refractivity contribution < 1.29 is 9.53 Å². The molecule has 0 unspecified atom stereocenters. The average Bonchev–Trinajstić information content (AvgIpc) is 2.65. The van der Waals surface area contributed by atoms with E-state index in [1.54, 1.807) is 7.11 Å². The van der Waals surface area contributed by atoms with Gasteiger partial charge in [-0.2, -0.15) is 0 Å². The fourth-order valence-corrected chi connectivity index (χ4v) is 2.87. The largest absolute Gasteiger partial charge is 0.383 e. The topological polar surface area (TPSA) is 67.4 Å². The van der Waals surface area contributed by atoms with E-state index in [1.807, 2.05) is 25.1 Å². The van der Waals surface area contributed by atoms with Crippen LogP contribution in [-0.4, -0.2) is 49.2 Å². The van der Waals surface area contributed by atoms with Crippen LogP contribution < -0.4 is 10.2 Å². The molecule has 0 radical (unpaired) electrons. The standard InChI is InChI=1S/C20H29ClN4O2/c1-5-18-23-17-12-15(21)6-7-16(17)20(24-18)25(10-11-27-4)9-8-19(26)22-13-14(2)3/h6-7,12,14H,5,8-11,13H2,1-4H3,(H,22,26). The van der Waals surface area contributed by atoms with Crippen molar-refractivity contribution in [2.75, 3.05) is 38.3 Å². The molecule has 6 nitrogen and oxygen atoms in total. The minimum absolute atomic E-state index is 0.0447. The number of benzene rings is 1. The summed E-state index contributed by atoms with van der Waals surface area (Å²) in [5.74, 6) is 2.05. The molecule has 0 bridgehead atoms. The molecule has 1 N–H and O–H groups in total. The number of aromatic nitrogens is 2. The number of amides is 1. The number of anilines is 1. The Morgan fingerprint density at radius 1 is 1.30 bits per heavy atom. The Morgan fingerprint density at radius 2 is 2.07 bits per heavy atom. The fraction of sp³-hybridized carbons (Fsp3) is 0.550. The highest BCUT2D eigenvalue weighted by Crippen LogP contribution is 2.26. The lowest BCUT2D eigenvalue weighted by Gasteiger charge is -2.25. The Morgan fingerprint density at radius 3 is 2.74 bits per heavy atom. The Bertz CT molecular complexity index is 767. The first kappa shape index (κ1) is 21.4. The lowest BCUT2D eigenvalue weighted by molar-refractivity contribution is -0.121. The molecule has 2 rings (SSSR count). The summed E-state index contributed by atoms with van der Waals surface area (Å²) in [6.45, 7) is 8.62. The van der Waals surface area contributed by atoms with E-state index in [0.29, 0.717) is 43.6 Å². The zero-order chi connectivity index (χ0) is 19.8. The van der Waals surface area contributed by atoms with Crippen LogP contribution in [0.1, 0.15) is 33.0 Å². The van der Waals surface area contributed by atoms with Crippen LogP contribution in [0.2, 0.25) is 5.02 Å². The third kappa shape index (κ3) is 6.33. The third-order valence-electron chi connectivity index (χ3n) is 4.18. The van der Waals surface area contributed by atoms with E-state index in [2.05, 4.69) is 29.0 Å². The predicted octanol–water partition coefficient (Wildman–Crippen LogP) is 3.46. The van der Waals surface area contributed by atoms with E-state index in [4.69, 9.17) is 21.3 Å². The Hall–Kier alpha value is -1.92. The van der Waals surface area contributed by atoms with Gasteiger partial charge in [0.2, 0.25) is 5.91 Å². The Kier molecular flexibility index (Phi) is 8.25. The number of carbonyl (C=O) groups is 1. The van der Waals surface area contributed by atoms with Gasteiger partial charge in [-0.3, -0.25) is 4.79 Å². The van der Waals surface area contributed by atoms with Gasteiger partial charge in [-0.05, 0) is 24.1 Å². The number of hydrogen-bond acceptors (Lipinski definition) is 5. The van der Waals surface area contributed by atoms with Crippen molar-refractivity contribution in [3.63, 3.8) is 0 Å². The number of ether oxygens (including phenoxy) is 1. The number of hydrogen-bond donors (Lipinski definition) is 1. The molecule has 0 aliphatic rings. The molecule has 2 aromatic rings. The number of rotatable bonds is 10. The second-order valence-corrected chi connectivity index (χ2v) is 7.34. The first-order valence-corrected chi connectivity index (χ1v) is 9.79. The minimum Gasteiger partial charge on any atom is -0.383 e. The highest BCUT2D eigenvalue weighted by molar-refractivity contribution is 6.31. The maximum atomic E-state index is 12.2. The van der Waals surface area contributed by atoms with Crippen LogP contribution in [0.15, 0.2) is 18.2 Å². The summed E-state index contributed by atoms with van der Waals surface area (Å²) in [5.41, 5.74) is 0.816. The fourth-order valence-electron chi connectivity index (χ4n) is 2.70. The Labute approximate surface area is 166 Å². The smallest absolute Gasteiger partial charge is 0.221 e. The molecular formula is C20H29ClN4O2. The van der Waals surface area contributed by atoms with Gasteiger partial charge in [-0.15, -0.1) is 0 Å². The summed E-state index contributed by atoms with van der Waals surface area (Å²) in [5, 5.41) is 4.54. The zero-order valence-electron chi connectivity index (χ0n) is 16.6. The van der Waals surface area contributed by atoms with Crippen molar-refractivity contribution >= 4 is 34.2 Å². The van der Waals surface area contributed by atoms with E-state index in [9.17, 15) is 4.79 Å².